The number of nitrogens with zero attached hydrogens (tertiary/aromatic N) is 1. The Balaban J connectivity index is 1.63. The van der Waals surface area contributed by atoms with Crippen molar-refractivity contribution < 1.29 is 19.1 Å². The molecule has 1 N–H and O–H groups in total. The van der Waals surface area contributed by atoms with Gasteiger partial charge in [-0.2, -0.15) is 0 Å². The van der Waals surface area contributed by atoms with Crippen molar-refractivity contribution in [1.29, 1.82) is 0 Å². The molecule has 0 spiro atoms. The van der Waals surface area contributed by atoms with E-state index in [0.717, 1.165) is 9.13 Å². The van der Waals surface area contributed by atoms with E-state index < -0.39 is 11.8 Å². The maximum absolute atomic E-state index is 13.2. The van der Waals surface area contributed by atoms with Gasteiger partial charge in [0.2, 0.25) is 0 Å². The first kappa shape index (κ1) is 25.4. The lowest BCUT2D eigenvalue weighted by atomic mass is 10.1. The number of carbonyl (C=O) groups is 2. The van der Waals surface area contributed by atoms with Gasteiger partial charge in [-0.15, -0.1) is 0 Å². The average Bonchev–Trinajstić information content (AvgIpc) is 2.83. The predicted octanol–water partition coefficient (Wildman–Crippen LogP) is 6.02. The van der Waals surface area contributed by atoms with Gasteiger partial charge in [0, 0.05) is 10.0 Å². The topological polar surface area (TPSA) is 67.9 Å². The van der Waals surface area contributed by atoms with Gasteiger partial charge < -0.3 is 9.47 Å². The molecule has 0 aliphatic carbocycles. The van der Waals surface area contributed by atoms with Crippen LogP contribution in [-0.4, -0.2) is 24.0 Å². The summed E-state index contributed by atoms with van der Waals surface area (Å²) in [7, 11) is 1.52. The predicted molar refractivity (Wildman–Crippen MR) is 149 cm³/mol. The number of amides is 2. The number of methoxy groups -OCH3 is 1. The molecular formula is C25H17Cl2IN2O4S. The molecule has 10 heteroatoms. The molecule has 1 aliphatic heterocycles. The molecule has 4 rings (SSSR count). The molecule has 1 aliphatic rings. The Labute approximate surface area is 230 Å². The first-order chi connectivity index (χ1) is 16.8. The second-order valence-electron chi connectivity index (χ2n) is 7.38. The third kappa shape index (κ3) is 5.78. The number of carbonyl (C=O) groups excluding carboxylic acids is 2. The van der Waals surface area contributed by atoms with Crippen LogP contribution in [0.1, 0.15) is 11.1 Å². The van der Waals surface area contributed by atoms with Crippen LogP contribution >= 0.6 is 58.0 Å². The van der Waals surface area contributed by atoms with Crippen LogP contribution < -0.4 is 19.7 Å². The van der Waals surface area contributed by atoms with Crippen molar-refractivity contribution in [1.82, 2.24) is 5.32 Å². The zero-order valence-corrected chi connectivity index (χ0v) is 22.7. The number of rotatable bonds is 6. The molecule has 0 aromatic heterocycles. The van der Waals surface area contributed by atoms with Gasteiger partial charge in [-0.05, 0) is 101 Å². The highest BCUT2D eigenvalue weighted by atomic mass is 127. The van der Waals surface area contributed by atoms with Crippen LogP contribution in [0.2, 0.25) is 10.0 Å². The van der Waals surface area contributed by atoms with Gasteiger partial charge in [0.25, 0.3) is 11.8 Å². The molecule has 35 heavy (non-hydrogen) atoms. The Kier molecular flexibility index (Phi) is 7.95. The minimum Gasteiger partial charge on any atom is -0.493 e. The van der Waals surface area contributed by atoms with Gasteiger partial charge in [-0.25, -0.2) is 0 Å². The summed E-state index contributed by atoms with van der Waals surface area (Å²) in [4.78, 5) is 27.1. The van der Waals surface area contributed by atoms with E-state index in [0.29, 0.717) is 39.4 Å². The van der Waals surface area contributed by atoms with Crippen molar-refractivity contribution in [3.8, 4) is 11.5 Å². The summed E-state index contributed by atoms with van der Waals surface area (Å²) >= 11 is 19.3. The molecule has 6 nitrogen and oxygen atoms in total. The lowest BCUT2D eigenvalue weighted by molar-refractivity contribution is -0.122. The van der Waals surface area contributed by atoms with Crippen LogP contribution in [-0.2, 0) is 16.2 Å². The van der Waals surface area contributed by atoms with E-state index in [2.05, 4.69) is 27.9 Å². The molecule has 3 aromatic carbocycles. The molecule has 1 heterocycles. The highest BCUT2D eigenvalue weighted by Crippen LogP contribution is 2.35. The lowest BCUT2D eigenvalue weighted by Crippen LogP contribution is -2.54. The maximum Gasteiger partial charge on any atom is 0.270 e. The number of nitrogens with one attached hydrogen (secondary N) is 1. The lowest BCUT2D eigenvalue weighted by Gasteiger charge is -2.29. The summed E-state index contributed by atoms with van der Waals surface area (Å²) < 4.78 is 12.3. The SMILES string of the molecule is COc1cc(/C=C2\C(=O)NC(=S)N(c3ccc(Cl)cc3)C2=O)cc(I)c1OCc1ccc(Cl)cc1. The molecule has 2 amide bonds. The summed E-state index contributed by atoms with van der Waals surface area (Å²) in [6.45, 7) is 0.318. The van der Waals surface area contributed by atoms with E-state index in [1.807, 2.05) is 12.1 Å². The zero-order valence-electron chi connectivity index (χ0n) is 18.2. The van der Waals surface area contributed by atoms with Crippen molar-refractivity contribution in [3.05, 3.63) is 91.0 Å². The second-order valence-corrected chi connectivity index (χ2v) is 9.81. The van der Waals surface area contributed by atoms with Crippen LogP contribution in [0.5, 0.6) is 11.5 Å². The summed E-state index contributed by atoms with van der Waals surface area (Å²) in [5, 5.41) is 3.73. The van der Waals surface area contributed by atoms with Gasteiger partial charge in [-0.3, -0.25) is 19.8 Å². The van der Waals surface area contributed by atoms with Crippen LogP contribution in [0.15, 0.2) is 66.2 Å². The number of hydrogen-bond acceptors (Lipinski definition) is 5. The minimum absolute atomic E-state index is 0.00224. The minimum atomic E-state index is -0.581. The fourth-order valence-electron chi connectivity index (χ4n) is 3.35. The highest BCUT2D eigenvalue weighted by molar-refractivity contribution is 14.1. The third-order valence-corrected chi connectivity index (χ3v) is 6.64. The molecule has 1 fully saturated rings. The van der Waals surface area contributed by atoms with Crippen LogP contribution in [0.25, 0.3) is 6.08 Å². The number of ether oxygens (including phenoxy) is 2. The number of benzene rings is 3. The van der Waals surface area contributed by atoms with Gasteiger partial charge in [0.05, 0.1) is 16.4 Å². The Bertz CT molecular complexity index is 1340. The Morgan fingerprint density at radius 1 is 1.03 bits per heavy atom. The number of hydrogen-bond donors (Lipinski definition) is 1. The first-order valence-electron chi connectivity index (χ1n) is 10.2. The molecule has 178 valence electrons. The number of thiocarbonyl (C=S) groups is 1. The van der Waals surface area contributed by atoms with Crippen molar-refractivity contribution in [2.24, 2.45) is 0 Å². The monoisotopic (exact) mass is 638 g/mol. The molecule has 3 aromatic rings. The van der Waals surface area contributed by atoms with Crippen molar-refractivity contribution in [2.75, 3.05) is 12.0 Å². The normalized spacial score (nSPS) is 14.8. The largest absolute Gasteiger partial charge is 0.493 e. The average molecular weight is 639 g/mol. The molecule has 0 saturated carbocycles. The highest BCUT2D eigenvalue weighted by Gasteiger charge is 2.34. The van der Waals surface area contributed by atoms with Crippen LogP contribution in [0, 0.1) is 3.57 Å². The molecule has 0 unspecified atom stereocenters. The van der Waals surface area contributed by atoms with E-state index >= 15 is 0 Å². The Hall–Kier alpha value is -2.66. The fourth-order valence-corrected chi connectivity index (χ4v) is 4.66. The van der Waals surface area contributed by atoms with E-state index in [1.54, 1.807) is 48.5 Å². The first-order valence-corrected chi connectivity index (χ1v) is 12.4. The Morgan fingerprint density at radius 2 is 1.66 bits per heavy atom. The molecular weight excluding hydrogens is 622 g/mol. The fraction of sp³-hybridized carbons (Fsp3) is 0.0800. The van der Waals surface area contributed by atoms with Crippen molar-refractivity contribution >= 4 is 86.7 Å². The van der Waals surface area contributed by atoms with Crippen LogP contribution in [0.3, 0.4) is 0 Å². The van der Waals surface area contributed by atoms with Gasteiger partial charge in [0.15, 0.2) is 16.6 Å². The molecule has 0 radical (unpaired) electrons. The number of anilines is 1. The molecule has 0 bridgehead atoms. The van der Waals surface area contributed by atoms with Gasteiger partial charge in [-0.1, -0.05) is 35.3 Å². The van der Waals surface area contributed by atoms with E-state index in [1.165, 1.54) is 18.1 Å². The summed E-state index contributed by atoms with van der Waals surface area (Å²) in [6.07, 6.45) is 1.50. The smallest absolute Gasteiger partial charge is 0.270 e. The molecule has 1 saturated heterocycles. The maximum atomic E-state index is 13.2. The van der Waals surface area contributed by atoms with Crippen LogP contribution in [0.4, 0.5) is 5.69 Å². The summed E-state index contributed by atoms with van der Waals surface area (Å²) in [6, 6.07) is 17.4. The van der Waals surface area contributed by atoms with E-state index in [4.69, 9.17) is 44.9 Å². The zero-order chi connectivity index (χ0) is 25.1. The standard InChI is InChI=1S/C25H17Cl2IN2O4S/c1-33-21-12-15(11-20(28)22(21)34-13-14-2-4-16(26)5-3-14)10-19-23(31)29-25(35)30(24(19)32)18-8-6-17(27)7-9-18/h2-12H,13H2,1H3,(H,29,31,35)/b19-10+. The summed E-state index contributed by atoms with van der Waals surface area (Å²) in [5.41, 5.74) is 1.96. The van der Waals surface area contributed by atoms with Crippen molar-refractivity contribution in [3.63, 3.8) is 0 Å². The quantitative estimate of drug-likeness (QED) is 0.155. The molecule has 0 atom stereocenters. The van der Waals surface area contributed by atoms with E-state index in [9.17, 15) is 9.59 Å². The van der Waals surface area contributed by atoms with Gasteiger partial charge in [0.1, 0.15) is 12.2 Å². The third-order valence-electron chi connectivity index (χ3n) is 5.05. The van der Waals surface area contributed by atoms with Gasteiger partial charge >= 0.3 is 0 Å². The summed E-state index contributed by atoms with van der Waals surface area (Å²) in [5.74, 6) is -0.111. The Morgan fingerprint density at radius 3 is 2.29 bits per heavy atom. The number of halogens is 3. The van der Waals surface area contributed by atoms with Crippen molar-refractivity contribution in [2.45, 2.75) is 6.61 Å². The second kappa shape index (κ2) is 10.9. The van der Waals surface area contributed by atoms with E-state index in [-0.39, 0.29) is 10.7 Å².